The first-order chi connectivity index (χ1) is 11.6. The van der Waals surface area contributed by atoms with E-state index in [4.69, 9.17) is 9.47 Å². The van der Waals surface area contributed by atoms with Crippen LogP contribution in [0.4, 0.5) is 0 Å². The summed E-state index contributed by atoms with van der Waals surface area (Å²) in [5.74, 6) is 1.79. The second kappa shape index (κ2) is 8.33. The molecule has 2 fully saturated rings. The van der Waals surface area contributed by atoms with Crippen LogP contribution in [0.1, 0.15) is 31.2 Å². The SMILES string of the molecule is CN=C(NCc1cc(OC)c(O)c(OC)c1)N1CCC2(CCC2)C1.I. The molecule has 0 aromatic heterocycles. The number of benzene rings is 1. The fourth-order valence-corrected chi connectivity index (χ4v) is 3.76. The summed E-state index contributed by atoms with van der Waals surface area (Å²) in [6, 6.07) is 3.63. The van der Waals surface area contributed by atoms with E-state index in [0.717, 1.165) is 24.6 Å². The zero-order valence-corrected chi connectivity index (χ0v) is 17.5. The molecule has 1 heterocycles. The molecular formula is C18H28IN3O3. The van der Waals surface area contributed by atoms with Crippen LogP contribution in [0.3, 0.4) is 0 Å². The van der Waals surface area contributed by atoms with E-state index in [2.05, 4.69) is 15.2 Å². The number of nitrogens with zero attached hydrogens (tertiary/aromatic N) is 2. The summed E-state index contributed by atoms with van der Waals surface area (Å²) in [6.45, 7) is 2.78. The lowest BCUT2D eigenvalue weighted by atomic mass is 9.68. The first kappa shape index (κ1) is 19.9. The highest BCUT2D eigenvalue weighted by molar-refractivity contribution is 14.0. The van der Waals surface area contributed by atoms with Crippen LogP contribution in [0.15, 0.2) is 17.1 Å². The molecule has 2 aliphatic rings. The Morgan fingerprint density at radius 3 is 2.32 bits per heavy atom. The number of nitrogens with one attached hydrogen (secondary N) is 1. The lowest BCUT2D eigenvalue weighted by Gasteiger charge is -2.38. The number of likely N-dealkylation sites (tertiary alicyclic amines) is 1. The van der Waals surface area contributed by atoms with Gasteiger partial charge in [-0.05, 0) is 42.4 Å². The number of ether oxygens (including phenoxy) is 2. The van der Waals surface area contributed by atoms with Crippen molar-refractivity contribution in [3.63, 3.8) is 0 Å². The lowest BCUT2D eigenvalue weighted by molar-refractivity contribution is 0.151. The second-order valence-corrected chi connectivity index (χ2v) is 6.77. The largest absolute Gasteiger partial charge is 0.502 e. The van der Waals surface area contributed by atoms with Crippen molar-refractivity contribution in [2.75, 3.05) is 34.4 Å². The molecule has 7 heteroatoms. The molecule has 2 N–H and O–H groups in total. The predicted octanol–water partition coefficient (Wildman–Crippen LogP) is 2.98. The molecule has 3 rings (SSSR count). The predicted molar refractivity (Wildman–Crippen MR) is 109 cm³/mol. The molecule has 1 aliphatic carbocycles. The molecule has 140 valence electrons. The molecule has 1 spiro atoms. The average Bonchev–Trinajstić information content (AvgIpc) is 3.02. The standard InChI is InChI=1S/C18H27N3O3.HI/c1-19-17(21-8-7-18(12-21)5-4-6-18)20-11-13-9-14(23-2)16(22)15(10-13)24-3;/h9-10,22H,4-8,11-12H2,1-3H3,(H,19,20);1H. The molecule has 1 aliphatic heterocycles. The van der Waals surface area contributed by atoms with Crippen LogP contribution in [0.25, 0.3) is 0 Å². The fraction of sp³-hybridized carbons (Fsp3) is 0.611. The van der Waals surface area contributed by atoms with E-state index >= 15 is 0 Å². The highest BCUT2D eigenvalue weighted by Crippen LogP contribution is 2.47. The number of guanidine groups is 1. The summed E-state index contributed by atoms with van der Waals surface area (Å²) in [5, 5.41) is 13.4. The van der Waals surface area contributed by atoms with E-state index in [1.165, 1.54) is 39.9 Å². The third-order valence-corrected chi connectivity index (χ3v) is 5.35. The zero-order valence-electron chi connectivity index (χ0n) is 15.2. The topological polar surface area (TPSA) is 66.3 Å². The van der Waals surface area contributed by atoms with Crippen molar-refractivity contribution < 1.29 is 14.6 Å². The maximum atomic E-state index is 10.00. The van der Waals surface area contributed by atoms with E-state index in [1.54, 1.807) is 0 Å². The van der Waals surface area contributed by atoms with E-state index in [9.17, 15) is 5.11 Å². The molecule has 1 aromatic rings. The molecule has 0 radical (unpaired) electrons. The van der Waals surface area contributed by atoms with Crippen LogP contribution < -0.4 is 14.8 Å². The van der Waals surface area contributed by atoms with Crippen LogP contribution >= 0.6 is 24.0 Å². The number of rotatable bonds is 4. The number of halogens is 1. The third-order valence-electron chi connectivity index (χ3n) is 5.35. The maximum Gasteiger partial charge on any atom is 0.200 e. The number of phenols is 1. The summed E-state index contributed by atoms with van der Waals surface area (Å²) in [7, 11) is 4.89. The Bertz CT molecular complexity index is 607. The first-order valence-electron chi connectivity index (χ1n) is 8.50. The minimum absolute atomic E-state index is 0. The van der Waals surface area contributed by atoms with Crippen LogP contribution in [0.5, 0.6) is 17.2 Å². The smallest absolute Gasteiger partial charge is 0.200 e. The molecule has 1 aromatic carbocycles. The van der Waals surface area contributed by atoms with E-state index in [-0.39, 0.29) is 29.7 Å². The summed E-state index contributed by atoms with van der Waals surface area (Å²) in [6.07, 6.45) is 5.35. The molecule has 1 saturated heterocycles. The molecule has 0 unspecified atom stereocenters. The Labute approximate surface area is 166 Å². The van der Waals surface area contributed by atoms with Gasteiger partial charge in [0.05, 0.1) is 14.2 Å². The Kier molecular flexibility index (Phi) is 6.65. The Morgan fingerprint density at radius 1 is 1.24 bits per heavy atom. The molecule has 0 atom stereocenters. The molecule has 0 bridgehead atoms. The van der Waals surface area contributed by atoms with Gasteiger partial charge in [0.2, 0.25) is 5.75 Å². The van der Waals surface area contributed by atoms with E-state index in [1.807, 2.05) is 19.2 Å². The molecule has 6 nitrogen and oxygen atoms in total. The lowest BCUT2D eigenvalue weighted by Crippen LogP contribution is -2.42. The molecule has 1 saturated carbocycles. The number of hydrogen-bond acceptors (Lipinski definition) is 4. The Morgan fingerprint density at radius 2 is 1.88 bits per heavy atom. The van der Waals surface area contributed by atoms with Crippen LogP contribution in [-0.2, 0) is 6.54 Å². The van der Waals surface area contributed by atoms with Gasteiger partial charge in [-0.1, -0.05) is 6.42 Å². The summed E-state index contributed by atoms with van der Waals surface area (Å²) in [5.41, 5.74) is 1.52. The van der Waals surface area contributed by atoms with Gasteiger partial charge in [0.1, 0.15) is 0 Å². The van der Waals surface area contributed by atoms with Gasteiger partial charge in [-0.25, -0.2) is 0 Å². The summed E-state index contributed by atoms with van der Waals surface area (Å²) >= 11 is 0. The third kappa shape index (κ3) is 4.07. The first-order valence-corrected chi connectivity index (χ1v) is 8.50. The van der Waals surface area contributed by atoms with Gasteiger partial charge in [-0.3, -0.25) is 4.99 Å². The van der Waals surface area contributed by atoms with Gasteiger partial charge in [0, 0.05) is 26.7 Å². The van der Waals surface area contributed by atoms with Crippen molar-refractivity contribution in [2.45, 2.75) is 32.2 Å². The summed E-state index contributed by atoms with van der Waals surface area (Å²) in [4.78, 5) is 6.79. The second-order valence-electron chi connectivity index (χ2n) is 6.77. The van der Waals surface area contributed by atoms with Gasteiger partial charge < -0.3 is 24.8 Å². The minimum atomic E-state index is 0. The summed E-state index contributed by atoms with van der Waals surface area (Å²) < 4.78 is 10.4. The van der Waals surface area contributed by atoms with Crippen LogP contribution in [0, 0.1) is 5.41 Å². The van der Waals surface area contributed by atoms with Crippen molar-refractivity contribution in [2.24, 2.45) is 10.4 Å². The van der Waals surface area contributed by atoms with Gasteiger partial charge in [0.15, 0.2) is 17.5 Å². The van der Waals surface area contributed by atoms with Crippen molar-refractivity contribution in [3.05, 3.63) is 17.7 Å². The normalized spacial score (nSPS) is 18.5. The monoisotopic (exact) mass is 461 g/mol. The van der Waals surface area contributed by atoms with Gasteiger partial charge >= 0.3 is 0 Å². The number of methoxy groups -OCH3 is 2. The number of aromatic hydroxyl groups is 1. The maximum absolute atomic E-state index is 10.00. The van der Waals surface area contributed by atoms with Crippen molar-refractivity contribution in [1.29, 1.82) is 0 Å². The molecule has 0 amide bonds. The highest BCUT2D eigenvalue weighted by Gasteiger charge is 2.43. The van der Waals surface area contributed by atoms with Crippen molar-refractivity contribution >= 4 is 29.9 Å². The van der Waals surface area contributed by atoms with E-state index < -0.39 is 0 Å². The van der Waals surface area contributed by atoms with Crippen molar-refractivity contribution in [3.8, 4) is 17.2 Å². The van der Waals surface area contributed by atoms with Crippen LogP contribution in [-0.4, -0.2) is 50.3 Å². The van der Waals surface area contributed by atoms with Gasteiger partial charge in [0.25, 0.3) is 0 Å². The fourth-order valence-electron chi connectivity index (χ4n) is 3.76. The van der Waals surface area contributed by atoms with E-state index in [0.29, 0.717) is 23.5 Å². The number of aliphatic imine (C=N–C) groups is 1. The van der Waals surface area contributed by atoms with Crippen molar-refractivity contribution in [1.82, 2.24) is 10.2 Å². The van der Waals surface area contributed by atoms with Gasteiger partial charge in [-0.15, -0.1) is 24.0 Å². The minimum Gasteiger partial charge on any atom is -0.502 e. The number of hydrogen-bond donors (Lipinski definition) is 2. The van der Waals surface area contributed by atoms with Gasteiger partial charge in [-0.2, -0.15) is 0 Å². The zero-order chi connectivity index (χ0) is 17.2. The highest BCUT2D eigenvalue weighted by atomic mass is 127. The number of phenolic OH excluding ortho intramolecular Hbond substituents is 1. The molecular weight excluding hydrogens is 433 g/mol. The molecule has 25 heavy (non-hydrogen) atoms. The Balaban J connectivity index is 0.00000225. The van der Waals surface area contributed by atoms with Crippen LogP contribution in [0.2, 0.25) is 0 Å². The Hall–Kier alpha value is -1.38. The average molecular weight is 461 g/mol. The quantitative estimate of drug-likeness (QED) is 0.410.